The highest BCUT2D eigenvalue weighted by Crippen LogP contribution is 2.23. The van der Waals surface area contributed by atoms with Gasteiger partial charge in [-0.2, -0.15) is 5.26 Å². The van der Waals surface area contributed by atoms with Crippen molar-refractivity contribution >= 4 is 16.4 Å². The van der Waals surface area contributed by atoms with Gasteiger partial charge in [0.05, 0.1) is 11.6 Å². The van der Waals surface area contributed by atoms with Crippen LogP contribution in [0.4, 0.5) is 0 Å². The fourth-order valence-electron chi connectivity index (χ4n) is 2.49. The molecule has 4 nitrogen and oxygen atoms in total. The number of rotatable bonds is 1. The molecule has 0 spiro atoms. The first kappa shape index (κ1) is 11.6. The topological polar surface area (TPSA) is 54.0 Å². The number of aromatic nitrogens is 3. The number of pyridine rings is 1. The van der Waals surface area contributed by atoms with E-state index in [1.165, 1.54) is 10.8 Å². The summed E-state index contributed by atoms with van der Waals surface area (Å²) in [4.78, 5) is 0. The highest BCUT2D eigenvalue weighted by Gasteiger charge is 2.09. The average Bonchev–Trinajstić information content (AvgIpc) is 2.97. The van der Waals surface area contributed by atoms with Gasteiger partial charge in [-0.05, 0) is 22.9 Å². The maximum atomic E-state index is 8.93. The van der Waals surface area contributed by atoms with E-state index in [1.54, 1.807) is 12.1 Å². The van der Waals surface area contributed by atoms with Crippen LogP contribution >= 0.6 is 0 Å². The molecule has 2 heterocycles. The summed E-state index contributed by atoms with van der Waals surface area (Å²) in [6.45, 7) is 0. The number of nitriles is 1. The molecular formula is C17H10N4. The van der Waals surface area contributed by atoms with Crippen LogP contribution in [0, 0.1) is 11.3 Å². The van der Waals surface area contributed by atoms with Crippen molar-refractivity contribution in [2.24, 2.45) is 0 Å². The van der Waals surface area contributed by atoms with Gasteiger partial charge < -0.3 is 0 Å². The van der Waals surface area contributed by atoms with Gasteiger partial charge in [-0.3, -0.25) is 4.40 Å². The Kier molecular flexibility index (Phi) is 2.45. The fraction of sp³-hybridized carbons (Fsp3) is 0. The quantitative estimate of drug-likeness (QED) is 0.532. The Morgan fingerprint density at radius 2 is 1.76 bits per heavy atom. The van der Waals surface area contributed by atoms with Gasteiger partial charge in [0.1, 0.15) is 0 Å². The summed E-state index contributed by atoms with van der Waals surface area (Å²) in [5.41, 5.74) is 2.27. The van der Waals surface area contributed by atoms with Gasteiger partial charge >= 0.3 is 0 Å². The van der Waals surface area contributed by atoms with Crippen LogP contribution in [-0.2, 0) is 0 Å². The van der Waals surface area contributed by atoms with Crippen LogP contribution in [0.15, 0.2) is 60.8 Å². The number of fused-ring (bicyclic) bond motifs is 2. The zero-order valence-corrected chi connectivity index (χ0v) is 11.1. The van der Waals surface area contributed by atoms with E-state index in [0.717, 1.165) is 11.4 Å². The minimum Gasteiger partial charge on any atom is -0.282 e. The number of nitrogens with zero attached hydrogens (tertiary/aromatic N) is 4. The van der Waals surface area contributed by atoms with Crippen molar-refractivity contribution in [3.8, 4) is 17.5 Å². The molecular weight excluding hydrogens is 260 g/mol. The molecule has 4 heteroatoms. The summed E-state index contributed by atoms with van der Waals surface area (Å²) in [7, 11) is 0. The molecule has 2 aromatic carbocycles. The lowest BCUT2D eigenvalue weighted by Crippen LogP contribution is -1.90. The maximum absolute atomic E-state index is 8.93. The van der Waals surface area contributed by atoms with E-state index in [-0.39, 0.29) is 0 Å². The zero-order chi connectivity index (χ0) is 14.2. The summed E-state index contributed by atoms with van der Waals surface area (Å²) in [6, 6.07) is 20.0. The van der Waals surface area contributed by atoms with Crippen molar-refractivity contribution < 1.29 is 0 Å². The summed E-state index contributed by atoms with van der Waals surface area (Å²) < 4.78 is 1.89. The van der Waals surface area contributed by atoms with Gasteiger partial charge in [-0.15, -0.1) is 10.2 Å². The molecule has 0 N–H and O–H groups in total. The maximum Gasteiger partial charge on any atom is 0.168 e. The molecule has 0 amide bonds. The molecule has 0 radical (unpaired) electrons. The Morgan fingerprint density at radius 3 is 2.62 bits per heavy atom. The average molecular weight is 270 g/mol. The van der Waals surface area contributed by atoms with E-state index in [9.17, 15) is 0 Å². The van der Waals surface area contributed by atoms with Gasteiger partial charge in [0, 0.05) is 17.8 Å². The minimum absolute atomic E-state index is 0.583. The van der Waals surface area contributed by atoms with Crippen LogP contribution in [0.2, 0.25) is 0 Å². The molecule has 4 rings (SSSR count). The summed E-state index contributed by atoms with van der Waals surface area (Å²) in [5, 5.41) is 19.7. The van der Waals surface area contributed by atoms with Gasteiger partial charge in [-0.1, -0.05) is 36.4 Å². The van der Waals surface area contributed by atoms with Gasteiger partial charge in [0.2, 0.25) is 0 Å². The summed E-state index contributed by atoms with van der Waals surface area (Å²) in [5.74, 6) is 0.778. The van der Waals surface area contributed by atoms with Gasteiger partial charge in [-0.25, -0.2) is 0 Å². The predicted molar refractivity (Wildman–Crippen MR) is 80.6 cm³/mol. The third-order valence-corrected chi connectivity index (χ3v) is 3.55. The van der Waals surface area contributed by atoms with Gasteiger partial charge in [0.15, 0.2) is 11.5 Å². The molecule has 0 aliphatic rings. The standard InChI is InChI=1S/C17H10N4/c18-11-12-7-8-21-16(9-12)19-20-17(21)15-6-5-13-3-1-2-4-14(13)10-15/h1-10H. The Balaban J connectivity index is 1.94. The second-order valence-electron chi connectivity index (χ2n) is 4.84. The molecule has 0 aliphatic carbocycles. The number of hydrogen-bond acceptors (Lipinski definition) is 3. The molecule has 98 valence electrons. The second kappa shape index (κ2) is 4.43. The minimum atomic E-state index is 0.583. The molecule has 2 aromatic heterocycles. The van der Waals surface area contributed by atoms with E-state index in [0.29, 0.717) is 11.2 Å². The van der Waals surface area contributed by atoms with Crippen LogP contribution in [-0.4, -0.2) is 14.6 Å². The van der Waals surface area contributed by atoms with E-state index in [2.05, 4.69) is 40.5 Å². The van der Waals surface area contributed by atoms with Crippen LogP contribution in [0.3, 0.4) is 0 Å². The lowest BCUT2D eigenvalue weighted by atomic mass is 10.1. The molecule has 0 saturated carbocycles. The number of benzene rings is 2. The first-order chi connectivity index (χ1) is 10.3. The highest BCUT2D eigenvalue weighted by atomic mass is 15.2. The van der Waals surface area contributed by atoms with Crippen LogP contribution in [0.5, 0.6) is 0 Å². The zero-order valence-electron chi connectivity index (χ0n) is 11.1. The Bertz CT molecular complexity index is 1010. The van der Waals surface area contributed by atoms with Crippen molar-refractivity contribution in [2.75, 3.05) is 0 Å². The molecule has 0 fully saturated rings. The molecule has 21 heavy (non-hydrogen) atoms. The van der Waals surface area contributed by atoms with E-state index in [1.807, 2.05) is 28.8 Å². The third-order valence-electron chi connectivity index (χ3n) is 3.55. The SMILES string of the molecule is N#Cc1ccn2c(-c3ccc4ccccc4c3)nnc2c1. The predicted octanol–water partition coefficient (Wildman–Crippen LogP) is 3.42. The van der Waals surface area contributed by atoms with Crippen LogP contribution in [0.25, 0.3) is 27.8 Å². The summed E-state index contributed by atoms with van der Waals surface area (Å²) >= 11 is 0. The van der Waals surface area contributed by atoms with Crippen molar-refractivity contribution in [3.63, 3.8) is 0 Å². The van der Waals surface area contributed by atoms with E-state index >= 15 is 0 Å². The Morgan fingerprint density at radius 1 is 0.905 bits per heavy atom. The lowest BCUT2D eigenvalue weighted by Gasteiger charge is -2.02. The monoisotopic (exact) mass is 270 g/mol. The first-order valence-electron chi connectivity index (χ1n) is 6.59. The van der Waals surface area contributed by atoms with E-state index in [4.69, 9.17) is 5.26 Å². The molecule has 4 aromatic rings. The number of hydrogen-bond donors (Lipinski definition) is 0. The Hall–Kier alpha value is -3.19. The van der Waals surface area contributed by atoms with E-state index < -0.39 is 0 Å². The smallest absolute Gasteiger partial charge is 0.168 e. The third kappa shape index (κ3) is 1.84. The molecule has 0 atom stereocenters. The van der Waals surface area contributed by atoms with Gasteiger partial charge in [0.25, 0.3) is 0 Å². The van der Waals surface area contributed by atoms with Crippen molar-refractivity contribution in [1.29, 1.82) is 5.26 Å². The van der Waals surface area contributed by atoms with Crippen LogP contribution < -0.4 is 0 Å². The molecule has 0 bridgehead atoms. The molecule has 0 aliphatic heterocycles. The molecule has 0 unspecified atom stereocenters. The van der Waals surface area contributed by atoms with Crippen molar-refractivity contribution in [3.05, 3.63) is 66.4 Å². The van der Waals surface area contributed by atoms with Crippen LogP contribution in [0.1, 0.15) is 5.56 Å². The lowest BCUT2D eigenvalue weighted by molar-refractivity contribution is 1.11. The first-order valence-corrected chi connectivity index (χ1v) is 6.59. The normalized spacial score (nSPS) is 10.8. The summed E-state index contributed by atoms with van der Waals surface area (Å²) in [6.07, 6.45) is 1.83. The Labute approximate surface area is 120 Å². The van der Waals surface area contributed by atoms with Crippen molar-refractivity contribution in [2.45, 2.75) is 0 Å². The molecule has 0 saturated heterocycles. The van der Waals surface area contributed by atoms with Crippen molar-refractivity contribution in [1.82, 2.24) is 14.6 Å². The fourth-order valence-corrected chi connectivity index (χ4v) is 2.49. The largest absolute Gasteiger partial charge is 0.282 e. The second-order valence-corrected chi connectivity index (χ2v) is 4.84. The highest BCUT2D eigenvalue weighted by molar-refractivity contribution is 5.86.